The molecule has 0 unspecified atom stereocenters. The number of benzene rings is 2. The van der Waals surface area contributed by atoms with Gasteiger partial charge in [0, 0.05) is 18.7 Å². The molecule has 1 saturated heterocycles. The molecule has 3 heteroatoms. The van der Waals surface area contributed by atoms with E-state index in [4.69, 9.17) is 4.74 Å². The van der Waals surface area contributed by atoms with Crippen molar-refractivity contribution in [1.29, 1.82) is 0 Å². The standard InChI is InChI=1S/C20H22NO2/c1-15-3-5-18(6-4-15)20(22)21-13-11-17(12-14-21)16-7-9-19(23-2)10-8-16/h3-10,17H,1,11-14H2,2H3. The molecule has 1 heterocycles. The Balaban J connectivity index is 1.61. The predicted octanol–water partition coefficient (Wildman–Crippen LogP) is 3.90. The zero-order valence-electron chi connectivity index (χ0n) is 13.5. The van der Waals surface area contributed by atoms with E-state index in [1.54, 1.807) is 7.11 Å². The third-order valence-electron chi connectivity index (χ3n) is 4.57. The van der Waals surface area contributed by atoms with Crippen LogP contribution in [0.15, 0.2) is 48.5 Å². The van der Waals surface area contributed by atoms with Crippen molar-refractivity contribution in [2.24, 2.45) is 0 Å². The van der Waals surface area contributed by atoms with Gasteiger partial charge in [0.15, 0.2) is 0 Å². The number of ether oxygens (including phenoxy) is 1. The molecule has 119 valence electrons. The number of nitrogens with zero attached hydrogens (tertiary/aromatic N) is 1. The predicted molar refractivity (Wildman–Crippen MR) is 91.8 cm³/mol. The molecule has 2 aromatic rings. The molecule has 0 spiro atoms. The molecule has 3 nitrogen and oxygen atoms in total. The fourth-order valence-corrected chi connectivity index (χ4v) is 3.12. The van der Waals surface area contributed by atoms with Crippen molar-refractivity contribution in [3.8, 4) is 5.75 Å². The Morgan fingerprint density at radius 2 is 1.65 bits per heavy atom. The van der Waals surface area contributed by atoms with Crippen LogP contribution in [-0.4, -0.2) is 31.0 Å². The molecule has 2 aromatic carbocycles. The van der Waals surface area contributed by atoms with E-state index in [2.05, 4.69) is 19.1 Å². The highest BCUT2D eigenvalue weighted by atomic mass is 16.5. The van der Waals surface area contributed by atoms with Gasteiger partial charge in [-0.05, 0) is 61.1 Å². The van der Waals surface area contributed by atoms with Gasteiger partial charge < -0.3 is 9.64 Å². The smallest absolute Gasteiger partial charge is 0.253 e. The normalized spacial score (nSPS) is 15.5. The second-order valence-corrected chi connectivity index (χ2v) is 6.04. The third-order valence-corrected chi connectivity index (χ3v) is 4.57. The number of amides is 1. The Bertz CT molecular complexity index is 653. The van der Waals surface area contributed by atoms with Crippen molar-refractivity contribution in [2.45, 2.75) is 18.8 Å². The fraction of sp³-hybridized carbons (Fsp3) is 0.300. The highest BCUT2D eigenvalue weighted by Gasteiger charge is 2.24. The SMILES string of the molecule is [CH2]c1ccc(C(=O)N2CCC(c3ccc(OC)cc3)CC2)cc1. The van der Waals surface area contributed by atoms with Crippen LogP contribution in [0, 0.1) is 6.92 Å². The number of hydrogen-bond acceptors (Lipinski definition) is 2. The van der Waals surface area contributed by atoms with E-state index in [0.29, 0.717) is 5.92 Å². The first kappa shape index (κ1) is 15.6. The third kappa shape index (κ3) is 3.55. The maximum absolute atomic E-state index is 12.5. The summed E-state index contributed by atoms with van der Waals surface area (Å²) in [7, 11) is 1.68. The summed E-state index contributed by atoms with van der Waals surface area (Å²) in [4.78, 5) is 14.5. The zero-order valence-corrected chi connectivity index (χ0v) is 13.5. The van der Waals surface area contributed by atoms with Crippen molar-refractivity contribution >= 4 is 5.91 Å². The Kier molecular flexibility index (Phi) is 4.65. The molecule has 0 N–H and O–H groups in total. The number of rotatable bonds is 3. The van der Waals surface area contributed by atoms with Crippen molar-refractivity contribution in [3.63, 3.8) is 0 Å². The van der Waals surface area contributed by atoms with Crippen molar-refractivity contribution < 1.29 is 9.53 Å². The van der Waals surface area contributed by atoms with E-state index in [1.165, 1.54) is 5.56 Å². The summed E-state index contributed by atoms with van der Waals surface area (Å²) < 4.78 is 5.21. The van der Waals surface area contributed by atoms with Gasteiger partial charge in [-0.1, -0.05) is 24.3 Å². The average Bonchev–Trinajstić information content (AvgIpc) is 2.62. The summed E-state index contributed by atoms with van der Waals surface area (Å²) in [5, 5.41) is 0. The molecule has 0 aliphatic carbocycles. The minimum atomic E-state index is 0.123. The van der Waals surface area contributed by atoms with Gasteiger partial charge >= 0.3 is 0 Å². The van der Waals surface area contributed by atoms with Gasteiger partial charge in [-0.25, -0.2) is 0 Å². The minimum Gasteiger partial charge on any atom is -0.497 e. The van der Waals surface area contributed by atoms with E-state index in [0.717, 1.165) is 42.8 Å². The lowest BCUT2D eigenvalue weighted by atomic mass is 9.89. The summed E-state index contributed by atoms with van der Waals surface area (Å²) in [6.45, 7) is 5.47. The molecule has 1 aliphatic rings. The van der Waals surface area contributed by atoms with Crippen LogP contribution in [0.4, 0.5) is 0 Å². The second-order valence-electron chi connectivity index (χ2n) is 6.04. The molecule has 23 heavy (non-hydrogen) atoms. The highest BCUT2D eigenvalue weighted by Crippen LogP contribution is 2.29. The van der Waals surface area contributed by atoms with E-state index in [-0.39, 0.29) is 5.91 Å². The van der Waals surface area contributed by atoms with Crippen LogP contribution < -0.4 is 4.74 Å². The van der Waals surface area contributed by atoms with Gasteiger partial charge in [0.25, 0.3) is 5.91 Å². The summed E-state index contributed by atoms with van der Waals surface area (Å²) in [6, 6.07) is 15.8. The van der Waals surface area contributed by atoms with Crippen LogP contribution in [0.25, 0.3) is 0 Å². The van der Waals surface area contributed by atoms with Crippen molar-refractivity contribution in [3.05, 3.63) is 72.1 Å². The lowest BCUT2D eigenvalue weighted by Gasteiger charge is -2.32. The topological polar surface area (TPSA) is 29.5 Å². The monoisotopic (exact) mass is 308 g/mol. The summed E-state index contributed by atoms with van der Waals surface area (Å²) in [5.74, 6) is 1.53. The van der Waals surface area contributed by atoms with Gasteiger partial charge in [0.2, 0.25) is 0 Å². The first-order chi connectivity index (χ1) is 11.2. The van der Waals surface area contributed by atoms with Crippen molar-refractivity contribution in [2.75, 3.05) is 20.2 Å². The lowest BCUT2D eigenvalue weighted by Crippen LogP contribution is -2.37. The Morgan fingerprint density at radius 1 is 1.04 bits per heavy atom. The number of methoxy groups -OCH3 is 1. The maximum Gasteiger partial charge on any atom is 0.253 e. The second kappa shape index (κ2) is 6.86. The first-order valence-electron chi connectivity index (χ1n) is 8.02. The summed E-state index contributed by atoms with van der Waals surface area (Å²) in [5.41, 5.74) is 3.01. The fourth-order valence-electron chi connectivity index (χ4n) is 3.12. The number of carbonyl (C=O) groups excluding carboxylic acids is 1. The van der Waals surface area contributed by atoms with Crippen LogP contribution in [0.5, 0.6) is 5.75 Å². The van der Waals surface area contributed by atoms with Gasteiger partial charge in [-0.2, -0.15) is 0 Å². The van der Waals surface area contributed by atoms with Crippen LogP contribution in [-0.2, 0) is 0 Å². The molecule has 1 aliphatic heterocycles. The van der Waals surface area contributed by atoms with Crippen LogP contribution >= 0.6 is 0 Å². The molecular weight excluding hydrogens is 286 g/mol. The molecule has 0 aromatic heterocycles. The first-order valence-corrected chi connectivity index (χ1v) is 8.02. The quantitative estimate of drug-likeness (QED) is 0.860. The van der Waals surface area contributed by atoms with Gasteiger partial charge in [-0.15, -0.1) is 0 Å². The van der Waals surface area contributed by atoms with E-state index in [9.17, 15) is 4.79 Å². The Hall–Kier alpha value is -2.29. The zero-order chi connectivity index (χ0) is 16.2. The van der Waals surface area contributed by atoms with Crippen LogP contribution in [0.2, 0.25) is 0 Å². The Morgan fingerprint density at radius 3 is 2.22 bits per heavy atom. The Labute approximate surface area is 137 Å². The molecular formula is C20H22NO2. The molecule has 1 fully saturated rings. The summed E-state index contributed by atoms with van der Waals surface area (Å²) in [6.07, 6.45) is 2.01. The number of piperidine rings is 1. The highest BCUT2D eigenvalue weighted by molar-refractivity contribution is 5.94. The number of hydrogen-bond donors (Lipinski definition) is 0. The molecule has 3 rings (SSSR count). The average molecular weight is 308 g/mol. The maximum atomic E-state index is 12.5. The van der Waals surface area contributed by atoms with Crippen LogP contribution in [0.1, 0.15) is 40.2 Å². The van der Waals surface area contributed by atoms with Gasteiger partial charge in [0.1, 0.15) is 5.75 Å². The van der Waals surface area contributed by atoms with E-state index in [1.807, 2.05) is 41.3 Å². The molecule has 0 atom stereocenters. The number of likely N-dealkylation sites (tertiary alicyclic amines) is 1. The molecule has 1 radical (unpaired) electrons. The lowest BCUT2D eigenvalue weighted by molar-refractivity contribution is 0.0713. The largest absolute Gasteiger partial charge is 0.497 e. The van der Waals surface area contributed by atoms with Crippen LogP contribution in [0.3, 0.4) is 0 Å². The number of carbonyl (C=O) groups is 1. The van der Waals surface area contributed by atoms with Crippen molar-refractivity contribution in [1.82, 2.24) is 4.90 Å². The van der Waals surface area contributed by atoms with E-state index >= 15 is 0 Å². The molecule has 0 saturated carbocycles. The van der Waals surface area contributed by atoms with E-state index < -0.39 is 0 Å². The summed E-state index contributed by atoms with van der Waals surface area (Å²) >= 11 is 0. The van der Waals surface area contributed by atoms with Gasteiger partial charge in [0.05, 0.1) is 7.11 Å². The minimum absolute atomic E-state index is 0.123. The molecule has 1 amide bonds. The van der Waals surface area contributed by atoms with Gasteiger partial charge in [-0.3, -0.25) is 4.79 Å². The molecule has 0 bridgehead atoms.